The molecule has 134 valence electrons. The minimum Gasteiger partial charge on any atom is -0.433 e. The number of anilines is 1. The average Bonchev–Trinajstić information content (AvgIpc) is 3.00. The molecule has 2 N–H and O–H groups in total. The van der Waals surface area contributed by atoms with Gasteiger partial charge in [0.1, 0.15) is 5.75 Å². The molecule has 0 unspecified atom stereocenters. The first-order chi connectivity index (χ1) is 12.3. The smallest absolute Gasteiger partial charge is 0.387 e. The zero-order valence-corrected chi connectivity index (χ0v) is 13.5. The second-order valence-electron chi connectivity index (χ2n) is 5.04. The Kier molecular flexibility index (Phi) is 4.67. The number of benzene rings is 2. The summed E-state index contributed by atoms with van der Waals surface area (Å²) in [6, 6.07) is 7.67. The first-order valence-corrected chi connectivity index (χ1v) is 7.41. The third-order valence-electron chi connectivity index (χ3n) is 3.38. The summed E-state index contributed by atoms with van der Waals surface area (Å²) in [5, 5.41) is 20.0. The fourth-order valence-corrected chi connectivity index (χ4v) is 2.47. The largest absolute Gasteiger partial charge is 0.433 e. The highest BCUT2D eigenvalue weighted by Gasteiger charge is 2.18. The Balaban J connectivity index is 1.86. The summed E-state index contributed by atoms with van der Waals surface area (Å²) in [7, 11) is 0. The van der Waals surface area contributed by atoms with Crippen molar-refractivity contribution in [3.8, 4) is 5.75 Å². The summed E-state index contributed by atoms with van der Waals surface area (Å²) in [5.41, 5.74) is 0.403. The van der Waals surface area contributed by atoms with Crippen molar-refractivity contribution in [3.63, 3.8) is 0 Å². The molecule has 8 nitrogen and oxygen atoms in total. The lowest BCUT2D eigenvalue weighted by atomic mass is 10.2. The van der Waals surface area contributed by atoms with Crippen LogP contribution in [-0.2, 0) is 0 Å². The Labute approximate surface area is 148 Å². The quantitative estimate of drug-likeness (QED) is 0.512. The van der Waals surface area contributed by atoms with E-state index in [4.69, 9.17) is 11.6 Å². The predicted octanol–water partition coefficient (Wildman–Crippen LogP) is 3.98. The second kappa shape index (κ2) is 6.92. The molecule has 0 bridgehead atoms. The van der Waals surface area contributed by atoms with Crippen LogP contribution in [0.4, 0.5) is 20.2 Å². The number of nitro groups is 1. The number of hydrogen-bond acceptors (Lipinski definition) is 5. The van der Waals surface area contributed by atoms with Crippen molar-refractivity contribution in [2.24, 2.45) is 0 Å². The molecule has 0 spiro atoms. The van der Waals surface area contributed by atoms with Crippen LogP contribution >= 0.6 is 11.6 Å². The van der Waals surface area contributed by atoms with Crippen molar-refractivity contribution in [2.45, 2.75) is 6.61 Å². The minimum absolute atomic E-state index is 0.0623. The van der Waals surface area contributed by atoms with E-state index < -0.39 is 17.4 Å². The third-order valence-corrected chi connectivity index (χ3v) is 3.67. The molecule has 1 amide bonds. The lowest BCUT2D eigenvalue weighted by Gasteiger charge is -2.09. The Bertz CT molecular complexity index is 1010. The number of halogens is 3. The number of aromatic amines is 1. The molecule has 2 aromatic carbocycles. The van der Waals surface area contributed by atoms with Crippen LogP contribution in [0.3, 0.4) is 0 Å². The molecule has 1 aromatic heterocycles. The van der Waals surface area contributed by atoms with Gasteiger partial charge in [-0.05, 0) is 24.3 Å². The number of rotatable bonds is 5. The second-order valence-corrected chi connectivity index (χ2v) is 5.44. The predicted molar refractivity (Wildman–Crippen MR) is 88.8 cm³/mol. The number of amides is 1. The lowest BCUT2D eigenvalue weighted by molar-refractivity contribution is -0.384. The summed E-state index contributed by atoms with van der Waals surface area (Å²) >= 11 is 5.83. The molecule has 0 saturated heterocycles. The van der Waals surface area contributed by atoms with E-state index in [1.54, 1.807) is 0 Å². The standard InChI is InChI=1S/C15H9ClF2N4O4/c16-10-5-7(1-4-12(10)26-15(17)18)19-14(23)13-9-6-8(22(24)25)2-3-11(9)20-21-13/h1-6,15H,(H,19,23)(H,20,21). The zero-order valence-electron chi connectivity index (χ0n) is 12.7. The molecule has 0 fully saturated rings. The fraction of sp³-hybridized carbons (Fsp3) is 0.0667. The van der Waals surface area contributed by atoms with Gasteiger partial charge in [0.25, 0.3) is 11.6 Å². The van der Waals surface area contributed by atoms with Crippen molar-refractivity contribution in [2.75, 3.05) is 5.32 Å². The summed E-state index contributed by atoms with van der Waals surface area (Å²) < 4.78 is 28.7. The molecular formula is C15H9ClF2N4O4. The fourth-order valence-electron chi connectivity index (χ4n) is 2.25. The van der Waals surface area contributed by atoms with E-state index in [0.29, 0.717) is 5.52 Å². The van der Waals surface area contributed by atoms with Gasteiger partial charge in [0.2, 0.25) is 0 Å². The number of hydrogen-bond donors (Lipinski definition) is 2. The van der Waals surface area contributed by atoms with Crippen LogP contribution in [0.1, 0.15) is 10.5 Å². The van der Waals surface area contributed by atoms with E-state index in [0.717, 1.165) is 0 Å². The molecule has 3 rings (SSSR count). The van der Waals surface area contributed by atoms with E-state index in [1.165, 1.54) is 36.4 Å². The van der Waals surface area contributed by atoms with Gasteiger partial charge in [-0.1, -0.05) is 11.6 Å². The first-order valence-electron chi connectivity index (χ1n) is 7.03. The first kappa shape index (κ1) is 17.5. The topological polar surface area (TPSA) is 110 Å². The number of nitrogens with one attached hydrogen (secondary N) is 2. The molecule has 26 heavy (non-hydrogen) atoms. The van der Waals surface area contributed by atoms with Crippen LogP contribution in [0.15, 0.2) is 36.4 Å². The van der Waals surface area contributed by atoms with Gasteiger partial charge in [0.15, 0.2) is 5.69 Å². The van der Waals surface area contributed by atoms with E-state index in [-0.39, 0.29) is 33.2 Å². The van der Waals surface area contributed by atoms with Crippen LogP contribution in [0, 0.1) is 10.1 Å². The van der Waals surface area contributed by atoms with Crippen LogP contribution in [0.25, 0.3) is 10.9 Å². The van der Waals surface area contributed by atoms with Crippen molar-refractivity contribution in [1.82, 2.24) is 10.2 Å². The van der Waals surface area contributed by atoms with Crippen molar-refractivity contribution < 1.29 is 23.2 Å². The zero-order chi connectivity index (χ0) is 18.8. The number of aromatic nitrogens is 2. The number of H-pyrrole nitrogens is 1. The van der Waals surface area contributed by atoms with Gasteiger partial charge in [-0.15, -0.1) is 0 Å². The highest BCUT2D eigenvalue weighted by Crippen LogP contribution is 2.29. The van der Waals surface area contributed by atoms with Gasteiger partial charge in [0, 0.05) is 23.2 Å². The molecule has 0 radical (unpaired) electrons. The van der Waals surface area contributed by atoms with E-state index in [9.17, 15) is 23.7 Å². The summed E-state index contributed by atoms with van der Waals surface area (Å²) in [4.78, 5) is 22.7. The molecule has 0 aliphatic heterocycles. The maximum atomic E-state index is 12.4. The molecule has 0 aliphatic rings. The molecule has 3 aromatic rings. The van der Waals surface area contributed by atoms with Crippen molar-refractivity contribution in [3.05, 3.63) is 57.2 Å². The van der Waals surface area contributed by atoms with Crippen molar-refractivity contribution in [1.29, 1.82) is 0 Å². The van der Waals surface area contributed by atoms with Gasteiger partial charge in [-0.25, -0.2) is 0 Å². The normalized spacial score (nSPS) is 10.9. The number of alkyl halides is 2. The van der Waals surface area contributed by atoms with E-state index in [1.807, 2.05) is 0 Å². The number of non-ortho nitro benzene ring substituents is 1. The van der Waals surface area contributed by atoms with Crippen LogP contribution in [0.5, 0.6) is 5.75 Å². The maximum Gasteiger partial charge on any atom is 0.387 e. The molecule has 0 saturated carbocycles. The molecule has 0 aliphatic carbocycles. The number of carbonyl (C=O) groups excluding carboxylic acids is 1. The average molecular weight is 383 g/mol. The summed E-state index contributed by atoms with van der Waals surface area (Å²) in [6.07, 6.45) is 0. The number of ether oxygens (including phenoxy) is 1. The SMILES string of the molecule is O=C(Nc1ccc(OC(F)F)c(Cl)c1)c1n[nH]c2ccc([N+](=O)[O-])cc12. The van der Waals surface area contributed by atoms with Gasteiger partial charge >= 0.3 is 6.61 Å². The van der Waals surface area contributed by atoms with Crippen molar-refractivity contribution >= 4 is 39.8 Å². The highest BCUT2D eigenvalue weighted by molar-refractivity contribution is 6.32. The van der Waals surface area contributed by atoms with E-state index >= 15 is 0 Å². The Morgan fingerprint density at radius 3 is 2.73 bits per heavy atom. The maximum absolute atomic E-state index is 12.4. The molecule has 1 heterocycles. The molecule has 11 heteroatoms. The summed E-state index contributed by atoms with van der Waals surface area (Å²) in [6.45, 7) is -3.03. The number of fused-ring (bicyclic) bond motifs is 1. The monoisotopic (exact) mass is 382 g/mol. The summed E-state index contributed by atoms with van der Waals surface area (Å²) in [5.74, 6) is -0.893. The Morgan fingerprint density at radius 1 is 1.31 bits per heavy atom. The van der Waals surface area contributed by atoms with Crippen LogP contribution in [-0.4, -0.2) is 27.6 Å². The number of nitro benzene ring substituents is 1. The van der Waals surface area contributed by atoms with Gasteiger partial charge in [-0.3, -0.25) is 20.0 Å². The van der Waals surface area contributed by atoms with Crippen LogP contribution in [0.2, 0.25) is 5.02 Å². The molecule has 0 atom stereocenters. The number of nitrogens with zero attached hydrogens (tertiary/aromatic N) is 2. The Hall–Kier alpha value is -3.27. The van der Waals surface area contributed by atoms with Gasteiger partial charge < -0.3 is 10.1 Å². The lowest BCUT2D eigenvalue weighted by Crippen LogP contribution is -2.13. The Morgan fingerprint density at radius 2 is 2.08 bits per heavy atom. The number of carbonyl (C=O) groups is 1. The van der Waals surface area contributed by atoms with E-state index in [2.05, 4.69) is 20.3 Å². The van der Waals surface area contributed by atoms with Gasteiger partial charge in [-0.2, -0.15) is 13.9 Å². The molecular weight excluding hydrogens is 374 g/mol. The van der Waals surface area contributed by atoms with Crippen LogP contribution < -0.4 is 10.1 Å². The highest BCUT2D eigenvalue weighted by atomic mass is 35.5. The third kappa shape index (κ3) is 3.54. The minimum atomic E-state index is -3.03. The van der Waals surface area contributed by atoms with Gasteiger partial charge in [0.05, 0.1) is 15.5 Å².